The zero-order valence-electron chi connectivity index (χ0n) is 18.1. The zero-order chi connectivity index (χ0) is 23.1. The number of carbonyl (C=O) groups excluding carboxylic acids is 1. The summed E-state index contributed by atoms with van der Waals surface area (Å²) in [7, 11) is 0. The molecule has 166 valence electrons. The molecule has 0 spiro atoms. The van der Waals surface area contributed by atoms with Crippen LogP contribution in [0.25, 0.3) is 10.9 Å². The number of aliphatic hydroxyl groups is 1. The third-order valence-electron chi connectivity index (χ3n) is 5.09. The van der Waals surface area contributed by atoms with Crippen molar-refractivity contribution in [3.05, 3.63) is 64.2 Å². The van der Waals surface area contributed by atoms with Gasteiger partial charge in [-0.2, -0.15) is 0 Å². The van der Waals surface area contributed by atoms with Crippen LogP contribution in [0.4, 0.5) is 5.82 Å². The summed E-state index contributed by atoms with van der Waals surface area (Å²) in [6.07, 6.45) is -0.617. The quantitative estimate of drug-likeness (QED) is 0.477. The van der Waals surface area contributed by atoms with Crippen molar-refractivity contribution in [2.24, 2.45) is 0 Å². The van der Waals surface area contributed by atoms with E-state index in [-0.39, 0.29) is 18.3 Å². The SMILES string of the molecule is CCN(CC)CC(O)CNC(=O)c1ccc(C#Cc2c(N)nnc3cc(Cl)ccc23)cc1. The number of benzene rings is 2. The van der Waals surface area contributed by atoms with Gasteiger partial charge in [-0.15, -0.1) is 10.2 Å². The minimum atomic E-state index is -0.617. The Hall–Kier alpha value is -3.18. The number of amides is 1. The van der Waals surface area contributed by atoms with Gasteiger partial charge in [0.15, 0.2) is 5.82 Å². The van der Waals surface area contributed by atoms with Crippen LogP contribution in [0, 0.1) is 11.8 Å². The Bertz CT molecular complexity index is 1150. The molecule has 0 saturated heterocycles. The first-order valence-electron chi connectivity index (χ1n) is 10.4. The van der Waals surface area contributed by atoms with Crippen LogP contribution >= 0.6 is 11.6 Å². The molecule has 0 aliphatic heterocycles. The average Bonchev–Trinajstić information content (AvgIpc) is 2.80. The molecule has 1 amide bonds. The summed E-state index contributed by atoms with van der Waals surface area (Å²) in [6.45, 7) is 6.51. The Morgan fingerprint density at radius 3 is 2.56 bits per heavy atom. The standard InChI is InChI=1S/C24H26ClN5O2/c1-3-30(4-2)15-19(31)14-27-24(32)17-8-5-16(6-9-17)7-11-21-20-12-10-18(25)13-22(20)28-29-23(21)26/h5-6,8-10,12-13,19,31H,3-4,14-15H2,1-2H3,(H2,26,29)(H,27,32). The first-order chi connectivity index (χ1) is 15.4. The van der Waals surface area contributed by atoms with Crippen molar-refractivity contribution in [1.82, 2.24) is 20.4 Å². The maximum atomic E-state index is 12.4. The van der Waals surface area contributed by atoms with Crippen LogP contribution in [0.15, 0.2) is 42.5 Å². The highest BCUT2D eigenvalue weighted by atomic mass is 35.5. The summed E-state index contributed by atoms with van der Waals surface area (Å²) in [6, 6.07) is 12.2. The first kappa shape index (κ1) is 23.5. The normalized spacial score (nSPS) is 11.8. The van der Waals surface area contributed by atoms with Crippen molar-refractivity contribution in [3.63, 3.8) is 0 Å². The number of aliphatic hydroxyl groups excluding tert-OH is 1. The van der Waals surface area contributed by atoms with Crippen molar-refractivity contribution in [1.29, 1.82) is 0 Å². The molecule has 8 heteroatoms. The topological polar surface area (TPSA) is 104 Å². The number of carbonyl (C=O) groups is 1. The van der Waals surface area contributed by atoms with E-state index in [0.29, 0.717) is 28.2 Å². The van der Waals surface area contributed by atoms with E-state index in [1.807, 2.05) is 19.9 Å². The Kier molecular flexibility index (Phi) is 8.01. The number of fused-ring (bicyclic) bond motifs is 1. The molecule has 0 saturated carbocycles. The molecule has 1 atom stereocenters. The molecule has 0 aliphatic carbocycles. The zero-order valence-corrected chi connectivity index (χ0v) is 18.9. The largest absolute Gasteiger partial charge is 0.390 e. The third kappa shape index (κ3) is 5.95. The van der Waals surface area contributed by atoms with Crippen molar-refractivity contribution in [3.8, 4) is 11.8 Å². The van der Waals surface area contributed by atoms with E-state index in [1.165, 1.54) is 0 Å². The van der Waals surface area contributed by atoms with Gasteiger partial charge in [0, 0.05) is 34.6 Å². The summed E-state index contributed by atoms with van der Waals surface area (Å²) >= 11 is 6.02. The molecule has 3 rings (SSSR count). The van der Waals surface area contributed by atoms with Gasteiger partial charge in [-0.25, -0.2) is 0 Å². The number of nitrogens with two attached hydrogens (primary N) is 1. The van der Waals surface area contributed by atoms with Crippen molar-refractivity contribution < 1.29 is 9.90 Å². The van der Waals surface area contributed by atoms with Crippen molar-refractivity contribution in [2.75, 3.05) is 31.9 Å². The van der Waals surface area contributed by atoms with Crippen LogP contribution in [-0.4, -0.2) is 58.4 Å². The number of hydrogen-bond donors (Lipinski definition) is 3. The average molecular weight is 452 g/mol. The Labute approximate surface area is 192 Å². The highest BCUT2D eigenvalue weighted by molar-refractivity contribution is 6.31. The molecule has 0 bridgehead atoms. The second-order valence-corrected chi connectivity index (χ2v) is 7.74. The number of anilines is 1. The molecule has 32 heavy (non-hydrogen) atoms. The lowest BCUT2D eigenvalue weighted by Crippen LogP contribution is -2.40. The minimum Gasteiger partial charge on any atom is -0.390 e. The molecule has 3 aromatic rings. The lowest BCUT2D eigenvalue weighted by Gasteiger charge is -2.22. The van der Waals surface area contributed by atoms with Gasteiger partial charge in [0.05, 0.1) is 17.2 Å². The monoisotopic (exact) mass is 451 g/mol. The van der Waals surface area contributed by atoms with Crippen LogP contribution in [0.2, 0.25) is 5.02 Å². The fourth-order valence-corrected chi connectivity index (χ4v) is 3.39. The maximum Gasteiger partial charge on any atom is 0.251 e. The molecule has 2 aromatic carbocycles. The second-order valence-electron chi connectivity index (χ2n) is 7.30. The van der Waals surface area contributed by atoms with Crippen molar-refractivity contribution in [2.45, 2.75) is 20.0 Å². The van der Waals surface area contributed by atoms with E-state index in [1.54, 1.807) is 36.4 Å². The first-order valence-corrected chi connectivity index (χ1v) is 10.8. The molecule has 1 unspecified atom stereocenters. The molecule has 0 aliphatic rings. The molecule has 1 heterocycles. The van der Waals surface area contributed by atoms with Crippen LogP contribution in [0.1, 0.15) is 35.3 Å². The van der Waals surface area contributed by atoms with Gasteiger partial charge in [-0.05, 0) is 55.6 Å². The van der Waals surface area contributed by atoms with Gasteiger partial charge in [0.1, 0.15) is 0 Å². The maximum absolute atomic E-state index is 12.4. The summed E-state index contributed by atoms with van der Waals surface area (Å²) in [4.78, 5) is 14.5. The van der Waals surface area contributed by atoms with Crippen molar-refractivity contribution >= 4 is 34.2 Å². The number of halogens is 1. The molecule has 1 aromatic heterocycles. The predicted octanol–water partition coefficient (Wildman–Crippen LogP) is 2.70. The van der Waals surface area contributed by atoms with Gasteiger partial charge in [-0.1, -0.05) is 37.3 Å². The minimum absolute atomic E-state index is 0.197. The number of hydrogen-bond acceptors (Lipinski definition) is 6. The molecular formula is C24H26ClN5O2. The van der Waals surface area contributed by atoms with E-state index in [0.717, 1.165) is 24.0 Å². The Balaban J connectivity index is 1.67. The van der Waals surface area contributed by atoms with Crippen LogP contribution in [-0.2, 0) is 0 Å². The number of nitrogens with one attached hydrogen (secondary N) is 1. The highest BCUT2D eigenvalue weighted by Crippen LogP contribution is 2.22. The Morgan fingerprint density at radius 2 is 1.88 bits per heavy atom. The molecule has 0 radical (unpaired) electrons. The lowest BCUT2D eigenvalue weighted by atomic mass is 10.1. The number of nitrogens with zero attached hydrogens (tertiary/aromatic N) is 3. The van der Waals surface area contributed by atoms with E-state index in [4.69, 9.17) is 17.3 Å². The predicted molar refractivity (Wildman–Crippen MR) is 128 cm³/mol. The number of nitrogen functional groups attached to an aromatic ring is 1. The van der Waals surface area contributed by atoms with E-state index in [9.17, 15) is 9.90 Å². The third-order valence-corrected chi connectivity index (χ3v) is 5.33. The van der Waals surface area contributed by atoms with Crippen LogP contribution < -0.4 is 11.1 Å². The van der Waals surface area contributed by atoms with E-state index >= 15 is 0 Å². The van der Waals surface area contributed by atoms with Gasteiger partial charge < -0.3 is 21.1 Å². The lowest BCUT2D eigenvalue weighted by molar-refractivity contribution is 0.0869. The number of aromatic nitrogens is 2. The summed E-state index contributed by atoms with van der Waals surface area (Å²) < 4.78 is 0. The highest BCUT2D eigenvalue weighted by Gasteiger charge is 2.12. The second kappa shape index (κ2) is 10.9. The summed E-state index contributed by atoms with van der Waals surface area (Å²) in [5.74, 6) is 6.10. The van der Waals surface area contributed by atoms with Gasteiger partial charge in [0.25, 0.3) is 5.91 Å². The molecule has 4 N–H and O–H groups in total. The number of likely N-dealkylation sites (N-methyl/N-ethyl adjacent to an activating group) is 1. The number of rotatable bonds is 7. The molecular weight excluding hydrogens is 426 g/mol. The van der Waals surface area contributed by atoms with Crippen LogP contribution in [0.3, 0.4) is 0 Å². The Morgan fingerprint density at radius 1 is 1.16 bits per heavy atom. The van der Waals surface area contributed by atoms with Crippen LogP contribution in [0.5, 0.6) is 0 Å². The summed E-state index contributed by atoms with van der Waals surface area (Å²) in [5.41, 5.74) is 8.39. The smallest absolute Gasteiger partial charge is 0.251 e. The van der Waals surface area contributed by atoms with Gasteiger partial charge >= 0.3 is 0 Å². The summed E-state index contributed by atoms with van der Waals surface area (Å²) in [5, 5.41) is 22.2. The van der Waals surface area contributed by atoms with Gasteiger partial charge in [0.2, 0.25) is 0 Å². The molecule has 0 fully saturated rings. The van der Waals surface area contributed by atoms with E-state index < -0.39 is 6.10 Å². The fraction of sp³-hybridized carbons (Fsp3) is 0.292. The fourth-order valence-electron chi connectivity index (χ4n) is 3.22. The molecule has 7 nitrogen and oxygen atoms in total. The van der Waals surface area contributed by atoms with E-state index in [2.05, 4.69) is 32.3 Å². The van der Waals surface area contributed by atoms with Gasteiger partial charge in [-0.3, -0.25) is 4.79 Å².